The fourth-order valence-electron chi connectivity index (χ4n) is 3.61. The lowest BCUT2D eigenvalue weighted by atomic mass is 10.1. The molecule has 1 unspecified atom stereocenters. The molecule has 1 fully saturated rings. The molecule has 0 spiro atoms. The molecular weight excluding hydrogens is 394 g/mol. The van der Waals surface area contributed by atoms with Crippen LogP contribution in [-0.4, -0.2) is 52.1 Å². The van der Waals surface area contributed by atoms with Gasteiger partial charge in [0, 0.05) is 36.1 Å². The second kappa shape index (κ2) is 9.52. The lowest BCUT2D eigenvalue weighted by Gasteiger charge is -2.24. The van der Waals surface area contributed by atoms with E-state index >= 15 is 0 Å². The minimum Gasteiger partial charge on any atom is -0.391 e. The Bertz CT molecular complexity index is 852. The van der Waals surface area contributed by atoms with Crippen molar-refractivity contribution in [1.29, 1.82) is 0 Å². The SMILES string of the molecule is Cc1cc(CC(=O)N2C[C@H](O)CC2CC(=O)CN[C@@H](C)c2ccc(Cl)cc2)on1. The van der Waals surface area contributed by atoms with Crippen LogP contribution in [0.1, 0.15) is 42.8 Å². The van der Waals surface area contributed by atoms with E-state index in [1.54, 1.807) is 17.9 Å². The Hall–Kier alpha value is -2.22. The summed E-state index contributed by atoms with van der Waals surface area (Å²) in [7, 11) is 0. The molecule has 7 nitrogen and oxygen atoms in total. The predicted molar refractivity (Wildman–Crippen MR) is 109 cm³/mol. The number of carbonyl (C=O) groups is 2. The van der Waals surface area contributed by atoms with Crippen molar-refractivity contribution in [2.24, 2.45) is 0 Å². The molecule has 0 radical (unpaired) electrons. The largest absolute Gasteiger partial charge is 0.391 e. The first-order valence-electron chi connectivity index (χ1n) is 9.72. The number of nitrogens with one attached hydrogen (secondary N) is 1. The maximum atomic E-state index is 12.6. The highest BCUT2D eigenvalue weighted by molar-refractivity contribution is 6.30. The van der Waals surface area contributed by atoms with Gasteiger partial charge in [0.15, 0.2) is 0 Å². The number of ketones is 1. The Morgan fingerprint density at radius 3 is 2.76 bits per heavy atom. The van der Waals surface area contributed by atoms with Gasteiger partial charge in [0.2, 0.25) is 5.91 Å². The lowest BCUT2D eigenvalue weighted by molar-refractivity contribution is -0.132. The molecular formula is C21H26ClN3O4. The molecule has 1 aliphatic heterocycles. The second-order valence-electron chi connectivity index (χ2n) is 7.60. The average molecular weight is 420 g/mol. The third kappa shape index (κ3) is 5.88. The van der Waals surface area contributed by atoms with Crippen LogP contribution >= 0.6 is 11.6 Å². The molecule has 0 aliphatic carbocycles. The van der Waals surface area contributed by atoms with Crippen LogP contribution in [0.5, 0.6) is 0 Å². The number of aliphatic hydroxyl groups excluding tert-OH is 1. The Labute approximate surface area is 175 Å². The first-order valence-corrected chi connectivity index (χ1v) is 10.1. The van der Waals surface area contributed by atoms with Gasteiger partial charge in [0.05, 0.1) is 24.8 Å². The van der Waals surface area contributed by atoms with Gasteiger partial charge in [-0.2, -0.15) is 0 Å². The van der Waals surface area contributed by atoms with Crippen LogP contribution in [0, 0.1) is 6.92 Å². The molecule has 29 heavy (non-hydrogen) atoms. The van der Waals surface area contributed by atoms with Crippen molar-refractivity contribution >= 4 is 23.3 Å². The highest BCUT2D eigenvalue weighted by atomic mass is 35.5. The Balaban J connectivity index is 1.52. The summed E-state index contributed by atoms with van der Waals surface area (Å²) in [6, 6.07) is 8.88. The molecule has 1 aromatic heterocycles. The summed E-state index contributed by atoms with van der Waals surface area (Å²) in [4.78, 5) is 26.7. The number of aryl methyl sites for hydroxylation is 1. The molecule has 8 heteroatoms. The zero-order chi connectivity index (χ0) is 21.0. The van der Waals surface area contributed by atoms with Crippen LogP contribution in [0.3, 0.4) is 0 Å². The number of halogens is 1. The molecule has 2 aromatic rings. The predicted octanol–water partition coefficient (Wildman–Crippen LogP) is 2.45. The Morgan fingerprint density at radius 2 is 2.10 bits per heavy atom. The zero-order valence-corrected chi connectivity index (χ0v) is 17.4. The van der Waals surface area contributed by atoms with Gasteiger partial charge in [0.25, 0.3) is 0 Å². The summed E-state index contributed by atoms with van der Waals surface area (Å²) in [5.41, 5.74) is 1.75. The first kappa shape index (κ1) is 21.5. The Morgan fingerprint density at radius 1 is 1.38 bits per heavy atom. The highest BCUT2D eigenvalue weighted by Crippen LogP contribution is 2.23. The van der Waals surface area contributed by atoms with E-state index in [4.69, 9.17) is 16.1 Å². The third-order valence-electron chi connectivity index (χ3n) is 5.15. The summed E-state index contributed by atoms with van der Waals surface area (Å²) in [5, 5.41) is 17.7. The average Bonchev–Trinajstić information content (AvgIpc) is 3.25. The van der Waals surface area contributed by atoms with Gasteiger partial charge in [-0.25, -0.2) is 0 Å². The van der Waals surface area contributed by atoms with Gasteiger partial charge in [-0.05, 0) is 38.0 Å². The summed E-state index contributed by atoms with van der Waals surface area (Å²) in [5.74, 6) is 0.314. The van der Waals surface area contributed by atoms with Crippen molar-refractivity contribution in [3.8, 4) is 0 Å². The van der Waals surface area contributed by atoms with Crippen molar-refractivity contribution in [2.45, 2.75) is 51.3 Å². The molecule has 2 heterocycles. The molecule has 1 amide bonds. The number of aliphatic hydroxyl groups is 1. The number of hydrogen-bond donors (Lipinski definition) is 2. The molecule has 0 bridgehead atoms. The number of hydrogen-bond acceptors (Lipinski definition) is 6. The van der Waals surface area contributed by atoms with Crippen LogP contribution in [0.15, 0.2) is 34.9 Å². The minimum atomic E-state index is -0.617. The quantitative estimate of drug-likeness (QED) is 0.682. The van der Waals surface area contributed by atoms with Crippen LogP contribution in [0.4, 0.5) is 0 Å². The third-order valence-corrected chi connectivity index (χ3v) is 5.41. The summed E-state index contributed by atoms with van der Waals surface area (Å²) >= 11 is 5.91. The number of amides is 1. The van der Waals surface area contributed by atoms with Gasteiger partial charge < -0.3 is 19.8 Å². The van der Waals surface area contributed by atoms with E-state index < -0.39 is 6.10 Å². The van der Waals surface area contributed by atoms with Crippen molar-refractivity contribution in [1.82, 2.24) is 15.4 Å². The van der Waals surface area contributed by atoms with Crippen LogP contribution < -0.4 is 5.32 Å². The van der Waals surface area contributed by atoms with Gasteiger partial charge >= 0.3 is 0 Å². The molecule has 0 saturated carbocycles. The smallest absolute Gasteiger partial charge is 0.230 e. The van der Waals surface area contributed by atoms with Crippen LogP contribution in [-0.2, 0) is 16.0 Å². The molecule has 2 N–H and O–H groups in total. The molecule has 3 rings (SSSR count). The van der Waals surface area contributed by atoms with E-state index in [2.05, 4.69) is 10.5 Å². The summed E-state index contributed by atoms with van der Waals surface area (Å²) in [6.07, 6.45) is 0.0663. The minimum absolute atomic E-state index is 0.00165. The van der Waals surface area contributed by atoms with E-state index in [9.17, 15) is 14.7 Å². The highest BCUT2D eigenvalue weighted by Gasteiger charge is 2.35. The van der Waals surface area contributed by atoms with Crippen LogP contribution in [0.2, 0.25) is 5.02 Å². The van der Waals surface area contributed by atoms with E-state index in [0.29, 0.717) is 22.9 Å². The molecule has 1 aromatic carbocycles. The Kier molecular flexibility index (Phi) is 7.05. The van der Waals surface area contributed by atoms with Gasteiger partial charge in [-0.15, -0.1) is 0 Å². The standard InChI is InChI=1S/C21H26ClN3O4/c1-13-7-20(29-24-13)10-21(28)25-12-19(27)9-17(25)8-18(26)11-23-14(2)15-3-5-16(22)6-4-15/h3-7,14,17,19,23,27H,8-12H2,1-2H3/t14-,17?,19+/m0/s1. The summed E-state index contributed by atoms with van der Waals surface area (Å²) in [6.45, 7) is 4.19. The number of Topliss-reactive ketones (excluding diaryl/α,β-unsaturated/α-hetero) is 1. The fraction of sp³-hybridized carbons (Fsp3) is 0.476. The van der Waals surface area contributed by atoms with Crippen molar-refractivity contribution in [3.63, 3.8) is 0 Å². The molecule has 156 valence electrons. The van der Waals surface area contributed by atoms with Crippen molar-refractivity contribution < 1.29 is 19.2 Å². The first-order chi connectivity index (χ1) is 13.8. The normalized spacial score (nSPS) is 20.1. The number of aromatic nitrogens is 1. The number of rotatable bonds is 8. The lowest BCUT2D eigenvalue weighted by Crippen LogP contribution is -2.39. The van der Waals surface area contributed by atoms with E-state index in [-0.39, 0.29) is 49.7 Å². The number of benzene rings is 1. The van der Waals surface area contributed by atoms with E-state index in [0.717, 1.165) is 5.56 Å². The maximum absolute atomic E-state index is 12.6. The van der Waals surface area contributed by atoms with Crippen molar-refractivity contribution in [2.75, 3.05) is 13.1 Å². The van der Waals surface area contributed by atoms with Crippen molar-refractivity contribution in [3.05, 3.63) is 52.4 Å². The zero-order valence-electron chi connectivity index (χ0n) is 16.6. The van der Waals surface area contributed by atoms with E-state index in [1.807, 2.05) is 31.2 Å². The number of likely N-dealkylation sites (tertiary alicyclic amines) is 1. The number of β-amino-alcohol motifs (C(OH)–C–C–N with tert-alkyl or cyclic N) is 1. The van der Waals surface area contributed by atoms with Gasteiger partial charge in [0.1, 0.15) is 11.5 Å². The molecule has 1 saturated heterocycles. The number of carbonyl (C=O) groups excluding carboxylic acids is 2. The van der Waals surface area contributed by atoms with Gasteiger partial charge in [-0.1, -0.05) is 28.9 Å². The second-order valence-corrected chi connectivity index (χ2v) is 8.03. The topological polar surface area (TPSA) is 95.7 Å². The monoisotopic (exact) mass is 419 g/mol. The van der Waals surface area contributed by atoms with Gasteiger partial charge in [-0.3, -0.25) is 9.59 Å². The fourth-order valence-corrected chi connectivity index (χ4v) is 3.74. The molecule has 1 aliphatic rings. The summed E-state index contributed by atoms with van der Waals surface area (Å²) < 4.78 is 5.11. The van der Waals surface area contributed by atoms with E-state index in [1.165, 1.54) is 0 Å². The molecule has 3 atom stereocenters. The maximum Gasteiger partial charge on any atom is 0.230 e. The number of nitrogens with zero attached hydrogens (tertiary/aromatic N) is 2. The van der Waals surface area contributed by atoms with Crippen LogP contribution in [0.25, 0.3) is 0 Å².